The van der Waals surface area contributed by atoms with Gasteiger partial charge in [0.1, 0.15) is 0 Å². The SMILES string of the molecule is Cc1c(CN2CCC(CO)C2)cnn1C. The van der Waals surface area contributed by atoms with Gasteiger partial charge in [0, 0.05) is 38.0 Å². The third-order valence-corrected chi connectivity index (χ3v) is 3.36. The van der Waals surface area contributed by atoms with E-state index in [1.807, 2.05) is 17.9 Å². The van der Waals surface area contributed by atoms with E-state index in [-0.39, 0.29) is 0 Å². The molecule has 0 aliphatic carbocycles. The summed E-state index contributed by atoms with van der Waals surface area (Å²) in [5, 5.41) is 13.3. The Morgan fingerprint density at radius 3 is 2.93 bits per heavy atom. The van der Waals surface area contributed by atoms with Crippen molar-refractivity contribution in [2.24, 2.45) is 13.0 Å². The first-order chi connectivity index (χ1) is 7.20. The standard InChI is InChI=1S/C11H19N3O/c1-9-11(5-12-13(9)2)7-14-4-3-10(6-14)8-15/h5,10,15H,3-4,6-8H2,1-2H3. The van der Waals surface area contributed by atoms with Gasteiger partial charge in [-0.25, -0.2) is 0 Å². The molecule has 1 saturated heterocycles. The van der Waals surface area contributed by atoms with Gasteiger partial charge in [-0.15, -0.1) is 0 Å². The van der Waals surface area contributed by atoms with Crippen LogP contribution >= 0.6 is 0 Å². The van der Waals surface area contributed by atoms with Gasteiger partial charge in [0.05, 0.1) is 6.20 Å². The van der Waals surface area contributed by atoms with Crippen LogP contribution in [0.5, 0.6) is 0 Å². The summed E-state index contributed by atoms with van der Waals surface area (Å²) >= 11 is 0. The zero-order valence-electron chi connectivity index (χ0n) is 9.48. The minimum Gasteiger partial charge on any atom is -0.396 e. The van der Waals surface area contributed by atoms with Gasteiger partial charge in [-0.1, -0.05) is 0 Å². The molecule has 1 unspecified atom stereocenters. The molecule has 4 nitrogen and oxygen atoms in total. The predicted molar refractivity (Wildman–Crippen MR) is 58.4 cm³/mol. The Hall–Kier alpha value is -0.870. The Morgan fingerprint density at radius 1 is 1.60 bits per heavy atom. The Balaban J connectivity index is 1.95. The lowest BCUT2D eigenvalue weighted by atomic mass is 10.1. The molecule has 15 heavy (non-hydrogen) atoms. The van der Waals surface area contributed by atoms with Crippen LogP contribution in [-0.4, -0.2) is 39.5 Å². The van der Waals surface area contributed by atoms with Crippen molar-refractivity contribution in [3.8, 4) is 0 Å². The van der Waals surface area contributed by atoms with Gasteiger partial charge >= 0.3 is 0 Å². The summed E-state index contributed by atoms with van der Waals surface area (Å²) in [5.74, 6) is 0.474. The third-order valence-electron chi connectivity index (χ3n) is 3.36. The summed E-state index contributed by atoms with van der Waals surface area (Å²) in [4.78, 5) is 2.39. The van der Waals surface area contributed by atoms with Crippen molar-refractivity contribution < 1.29 is 5.11 Å². The fraction of sp³-hybridized carbons (Fsp3) is 0.727. The molecule has 1 N–H and O–H groups in total. The lowest BCUT2D eigenvalue weighted by Crippen LogP contribution is -2.21. The van der Waals surface area contributed by atoms with Gasteiger partial charge in [0.25, 0.3) is 0 Å². The first kappa shape index (κ1) is 10.6. The number of rotatable bonds is 3. The Labute approximate surface area is 90.5 Å². The minimum atomic E-state index is 0.322. The van der Waals surface area contributed by atoms with E-state index in [2.05, 4.69) is 16.9 Å². The van der Waals surface area contributed by atoms with E-state index in [9.17, 15) is 0 Å². The maximum atomic E-state index is 9.07. The normalized spacial score (nSPS) is 22.5. The van der Waals surface area contributed by atoms with Crippen molar-refractivity contribution in [1.29, 1.82) is 0 Å². The molecule has 1 aromatic heterocycles. The molecule has 1 atom stereocenters. The van der Waals surface area contributed by atoms with Crippen LogP contribution in [0.1, 0.15) is 17.7 Å². The van der Waals surface area contributed by atoms with Crippen molar-refractivity contribution in [2.45, 2.75) is 19.9 Å². The van der Waals surface area contributed by atoms with Gasteiger partial charge in [-0.05, 0) is 25.8 Å². The highest BCUT2D eigenvalue weighted by Crippen LogP contribution is 2.19. The molecule has 0 bridgehead atoms. The smallest absolute Gasteiger partial charge is 0.0537 e. The first-order valence-corrected chi connectivity index (χ1v) is 5.51. The average Bonchev–Trinajstić information content (AvgIpc) is 2.80. The van der Waals surface area contributed by atoms with E-state index >= 15 is 0 Å². The van der Waals surface area contributed by atoms with Crippen LogP contribution in [-0.2, 0) is 13.6 Å². The van der Waals surface area contributed by atoms with Crippen LogP contribution in [0.2, 0.25) is 0 Å². The lowest BCUT2D eigenvalue weighted by molar-refractivity contribution is 0.220. The quantitative estimate of drug-likeness (QED) is 0.790. The number of hydrogen-bond acceptors (Lipinski definition) is 3. The van der Waals surface area contributed by atoms with E-state index in [1.165, 1.54) is 11.3 Å². The summed E-state index contributed by atoms with van der Waals surface area (Å²) in [6.45, 7) is 5.50. The van der Waals surface area contributed by atoms with Crippen LogP contribution in [0.25, 0.3) is 0 Å². The highest BCUT2D eigenvalue weighted by Gasteiger charge is 2.22. The van der Waals surface area contributed by atoms with Gasteiger partial charge in [-0.3, -0.25) is 9.58 Å². The Bertz CT molecular complexity index is 335. The molecule has 1 fully saturated rings. The van der Waals surface area contributed by atoms with Crippen LogP contribution in [0, 0.1) is 12.8 Å². The molecule has 0 aromatic carbocycles. The average molecular weight is 209 g/mol. The number of aryl methyl sites for hydroxylation is 1. The lowest BCUT2D eigenvalue weighted by Gasteiger charge is -2.14. The molecule has 4 heteroatoms. The van der Waals surface area contributed by atoms with E-state index < -0.39 is 0 Å². The van der Waals surface area contributed by atoms with Crippen LogP contribution in [0.4, 0.5) is 0 Å². The molecule has 2 heterocycles. The van der Waals surface area contributed by atoms with Crippen LogP contribution < -0.4 is 0 Å². The van der Waals surface area contributed by atoms with Gasteiger partial charge in [0.2, 0.25) is 0 Å². The van der Waals surface area contributed by atoms with Crippen LogP contribution in [0.3, 0.4) is 0 Å². The topological polar surface area (TPSA) is 41.3 Å². The monoisotopic (exact) mass is 209 g/mol. The zero-order valence-corrected chi connectivity index (χ0v) is 9.48. The second kappa shape index (κ2) is 4.33. The summed E-state index contributed by atoms with van der Waals surface area (Å²) in [6.07, 6.45) is 3.07. The van der Waals surface area contributed by atoms with Gasteiger partial charge in [0.15, 0.2) is 0 Å². The minimum absolute atomic E-state index is 0.322. The van der Waals surface area contributed by atoms with E-state index in [0.717, 1.165) is 26.1 Å². The second-order valence-corrected chi connectivity index (χ2v) is 4.45. The molecule has 1 aromatic rings. The number of likely N-dealkylation sites (tertiary alicyclic amines) is 1. The first-order valence-electron chi connectivity index (χ1n) is 5.51. The summed E-state index contributed by atoms with van der Waals surface area (Å²) in [6, 6.07) is 0. The van der Waals surface area contributed by atoms with Crippen molar-refractivity contribution in [3.63, 3.8) is 0 Å². The number of aromatic nitrogens is 2. The van der Waals surface area contributed by atoms with Gasteiger partial charge in [-0.2, -0.15) is 5.10 Å². The molecule has 0 amide bonds. The summed E-state index contributed by atoms with van der Waals surface area (Å²) in [7, 11) is 1.97. The molecule has 0 saturated carbocycles. The zero-order chi connectivity index (χ0) is 10.8. The fourth-order valence-electron chi connectivity index (χ4n) is 2.15. The highest BCUT2D eigenvalue weighted by molar-refractivity contribution is 5.15. The number of nitrogens with zero attached hydrogens (tertiary/aromatic N) is 3. The molecule has 2 rings (SSSR count). The third kappa shape index (κ3) is 2.21. The molecule has 0 radical (unpaired) electrons. The molecule has 0 spiro atoms. The van der Waals surface area contributed by atoms with Crippen molar-refractivity contribution in [3.05, 3.63) is 17.5 Å². The van der Waals surface area contributed by atoms with Crippen molar-refractivity contribution in [1.82, 2.24) is 14.7 Å². The summed E-state index contributed by atoms with van der Waals surface area (Å²) in [5.41, 5.74) is 2.54. The van der Waals surface area contributed by atoms with E-state index in [1.54, 1.807) is 0 Å². The molecule has 1 aliphatic rings. The van der Waals surface area contributed by atoms with E-state index in [0.29, 0.717) is 12.5 Å². The van der Waals surface area contributed by atoms with Gasteiger partial charge < -0.3 is 5.11 Å². The molecular weight excluding hydrogens is 190 g/mol. The number of aliphatic hydroxyl groups is 1. The largest absolute Gasteiger partial charge is 0.396 e. The molecule has 84 valence electrons. The van der Waals surface area contributed by atoms with Crippen LogP contribution in [0.15, 0.2) is 6.20 Å². The predicted octanol–water partition coefficient (Wildman–Crippen LogP) is 0.543. The number of hydrogen-bond donors (Lipinski definition) is 1. The fourth-order valence-corrected chi connectivity index (χ4v) is 2.15. The second-order valence-electron chi connectivity index (χ2n) is 4.45. The Kier molecular flexibility index (Phi) is 3.07. The number of aliphatic hydroxyl groups excluding tert-OH is 1. The molecular formula is C11H19N3O. The maximum Gasteiger partial charge on any atom is 0.0537 e. The van der Waals surface area contributed by atoms with Crippen molar-refractivity contribution >= 4 is 0 Å². The summed E-state index contributed by atoms with van der Waals surface area (Å²) < 4.78 is 1.91. The molecule has 1 aliphatic heterocycles. The maximum absolute atomic E-state index is 9.07. The highest BCUT2D eigenvalue weighted by atomic mass is 16.3. The van der Waals surface area contributed by atoms with E-state index in [4.69, 9.17) is 5.11 Å². The van der Waals surface area contributed by atoms with Crippen molar-refractivity contribution in [2.75, 3.05) is 19.7 Å². The Morgan fingerprint density at radius 2 is 2.40 bits per heavy atom.